The Balaban J connectivity index is 1.95. The number of hydrogen-bond acceptors (Lipinski definition) is 3. The largest absolute Gasteiger partial charge is 0.343 e. The lowest BCUT2D eigenvalue weighted by Crippen LogP contribution is -2.44. The van der Waals surface area contributed by atoms with Crippen LogP contribution in [0.4, 0.5) is 0 Å². The van der Waals surface area contributed by atoms with E-state index in [1.165, 1.54) is 4.31 Å². The molecule has 1 fully saturated rings. The van der Waals surface area contributed by atoms with Gasteiger partial charge in [0.2, 0.25) is 15.9 Å². The predicted octanol–water partition coefficient (Wildman–Crippen LogP) is 2.75. The Morgan fingerprint density at radius 2 is 1.71 bits per heavy atom. The number of rotatable bonds is 6. The second kappa shape index (κ2) is 8.32. The summed E-state index contributed by atoms with van der Waals surface area (Å²) in [4.78, 5) is 14.2. The molecule has 1 aliphatic heterocycles. The molecule has 0 atom stereocenters. The van der Waals surface area contributed by atoms with Crippen molar-refractivity contribution < 1.29 is 13.2 Å². The summed E-state index contributed by atoms with van der Waals surface area (Å²) in [6.07, 6.45) is 1.18. The van der Waals surface area contributed by atoms with Gasteiger partial charge in [-0.2, -0.15) is 0 Å². The summed E-state index contributed by atoms with van der Waals surface area (Å²) in [6.45, 7) is 6.15. The molecule has 1 aliphatic rings. The summed E-state index contributed by atoms with van der Waals surface area (Å²) >= 11 is 5.83. The number of benzene rings is 1. The molecule has 2 rings (SSSR count). The highest BCUT2D eigenvalue weighted by Crippen LogP contribution is 2.23. The summed E-state index contributed by atoms with van der Waals surface area (Å²) in [6, 6.07) is 6.86. The van der Waals surface area contributed by atoms with Crippen LogP contribution in [0.2, 0.25) is 5.02 Å². The first-order valence-corrected chi connectivity index (χ1v) is 10.4. The van der Waals surface area contributed by atoms with E-state index >= 15 is 0 Å². The van der Waals surface area contributed by atoms with Gasteiger partial charge in [-0.05, 0) is 44.4 Å². The van der Waals surface area contributed by atoms with Gasteiger partial charge in [0, 0.05) is 37.1 Å². The number of nitrogens with zero attached hydrogens (tertiary/aromatic N) is 2. The van der Waals surface area contributed by atoms with Crippen LogP contribution >= 0.6 is 11.6 Å². The Labute approximate surface area is 149 Å². The Bertz CT molecular complexity index is 649. The maximum atomic E-state index is 12.6. The summed E-state index contributed by atoms with van der Waals surface area (Å²) in [7, 11) is -3.36. The highest BCUT2D eigenvalue weighted by Gasteiger charge is 2.32. The van der Waals surface area contributed by atoms with Crippen LogP contribution in [0, 0.1) is 5.92 Å². The number of carbonyl (C=O) groups excluding carboxylic acids is 1. The smallest absolute Gasteiger partial charge is 0.225 e. The van der Waals surface area contributed by atoms with E-state index in [9.17, 15) is 13.2 Å². The summed E-state index contributed by atoms with van der Waals surface area (Å²) in [5.41, 5.74) is 0.723. The Kier molecular flexibility index (Phi) is 6.66. The lowest BCUT2D eigenvalue weighted by Gasteiger charge is -2.33. The van der Waals surface area contributed by atoms with Crippen molar-refractivity contribution in [1.82, 2.24) is 9.21 Å². The van der Waals surface area contributed by atoms with Gasteiger partial charge in [-0.25, -0.2) is 12.7 Å². The van der Waals surface area contributed by atoms with E-state index < -0.39 is 10.0 Å². The molecule has 0 N–H and O–H groups in total. The van der Waals surface area contributed by atoms with E-state index in [0.717, 1.165) is 5.56 Å². The van der Waals surface area contributed by atoms with Crippen molar-refractivity contribution in [2.24, 2.45) is 5.92 Å². The minimum absolute atomic E-state index is 0.0289. The molecular formula is C17H25ClN2O3S. The van der Waals surface area contributed by atoms with E-state index in [0.29, 0.717) is 44.0 Å². The highest BCUT2D eigenvalue weighted by molar-refractivity contribution is 7.88. The molecule has 1 amide bonds. The van der Waals surface area contributed by atoms with Gasteiger partial charge in [0.05, 0.1) is 5.75 Å². The monoisotopic (exact) mass is 372 g/mol. The number of hydrogen-bond donors (Lipinski definition) is 0. The van der Waals surface area contributed by atoms with E-state index in [2.05, 4.69) is 0 Å². The van der Waals surface area contributed by atoms with Crippen molar-refractivity contribution in [2.45, 2.75) is 32.4 Å². The van der Waals surface area contributed by atoms with Crippen molar-refractivity contribution in [3.05, 3.63) is 34.9 Å². The molecule has 0 radical (unpaired) electrons. The van der Waals surface area contributed by atoms with E-state index in [1.54, 1.807) is 24.3 Å². The molecule has 0 spiro atoms. The fourth-order valence-electron chi connectivity index (χ4n) is 3.06. The molecule has 0 aromatic heterocycles. The third-order valence-corrected chi connectivity index (χ3v) is 6.64. The molecule has 5 nitrogen and oxygen atoms in total. The average molecular weight is 373 g/mol. The molecule has 24 heavy (non-hydrogen) atoms. The molecule has 134 valence electrons. The SMILES string of the molecule is CCN(CC)C(=O)C1CCN(S(=O)(=O)Cc2ccc(Cl)cc2)CC1. The molecule has 1 saturated heterocycles. The third-order valence-electron chi connectivity index (χ3n) is 4.53. The zero-order chi connectivity index (χ0) is 17.7. The zero-order valence-electron chi connectivity index (χ0n) is 14.2. The van der Waals surface area contributed by atoms with Crippen LogP contribution in [-0.4, -0.2) is 49.7 Å². The molecule has 1 aromatic rings. The predicted molar refractivity (Wildman–Crippen MR) is 96.3 cm³/mol. The number of amides is 1. The normalized spacial score (nSPS) is 17.0. The molecule has 1 aromatic carbocycles. The number of piperidine rings is 1. The van der Waals surface area contributed by atoms with E-state index in [1.807, 2.05) is 18.7 Å². The summed E-state index contributed by atoms with van der Waals surface area (Å²) < 4.78 is 26.6. The first-order valence-electron chi connectivity index (χ1n) is 8.38. The van der Waals surface area contributed by atoms with Gasteiger partial charge >= 0.3 is 0 Å². The lowest BCUT2D eigenvalue weighted by molar-refractivity contribution is -0.136. The molecule has 7 heteroatoms. The van der Waals surface area contributed by atoms with Crippen LogP contribution in [0.5, 0.6) is 0 Å². The maximum absolute atomic E-state index is 12.6. The first-order chi connectivity index (χ1) is 11.4. The van der Waals surface area contributed by atoms with E-state index in [-0.39, 0.29) is 17.6 Å². The van der Waals surface area contributed by atoms with Crippen LogP contribution in [0.1, 0.15) is 32.3 Å². The zero-order valence-corrected chi connectivity index (χ0v) is 15.8. The van der Waals surface area contributed by atoms with Gasteiger partial charge in [0.25, 0.3) is 0 Å². The summed E-state index contributed by atoms with van der Waals surface area (Å²) in [5.74, 6) is 0.0559. The third kappa shape index (κ3) is 4.71. The molecular weight excluding hydrogens is 348 g/mol. The van der Waals surface area contributed by atoms with Gasteiger partial charge in [0.1, 0.15) is 0 Å². The second-order valence-corrected chi connectivity index (χ2v) is 8.47. The second-order valence-electron chi connectivity index (χ2n) is 6.07. The van der Waals surface area contributed by atoms with Crippen LogP contribution < -0.4 is 0 Å². The van der Waals surface area contributed by atoms with Crippen LogP contribution in [0.25, 0.3) is 0 Å². The van der Waals surface area contributed by atoms with Crippen molar-refractivity contribution in [1.29, 1.82) is 0 Å². The minimum atomic E-state index is -3.36. The Morgan fingerprint density at radius 1 is 1.17 bits per heavy atom. The van der Waals surface area contributed by atoms with Crippen LogP contribution in [0.3, 0.4) is 0 Å². The first kappa shape index (κ1) is 19.2. The van der Waals surface area contributed by atoms with Gasteiger partial charge in [0.15, 0.2) is 0 Å². The topological polar surface area (TPSA) is 57.7 Å². The highest BCUT2D eigenvalue weighted by atomic mass is 35.5. The van der Waals surface area contributed by atoms with Crippen molar-refractivity contribution in [2.75, 3.05) is 26.2 Å². The van der Waals surface area contributed by atoms with Gasteiger partial charge in [-0.15, -0.1) is 0 Å². The van der Waals surface area contributed by atoms with Crippen molar-refractivity contribution >= 4 is 27.5 Å². The lowest BCUT2D eigenvalue weighted by atomic mass is 9.96. The average Bonchev–Trinajstić information content (AvgIpc) is 2.58. The number of sulfonamides is 1. The standard InChI is InChI=1S/C17H25ClN2O3S/c1-3-19(4-2)17(21)15-9-11-20(12-10-15)24(22,23)13-14-5-7-16(18)8-6-14/h5-8,15H,3-4,9-13H2,1-2H3. The fraction of sp³-hybridized carbons (Fsp3) is 0.588. The van der Waals surface area contributed by atoms with E-state index in [4.69, 9.17) is 11.6 Å². The quantitative estimate of drug-likeness (QED) is 0.771. The molecule has 0 bridgehead atoms. The molecule has 1 heterocycles. The summed E-state index contributed by atoms with van der Waals surface area (Å²) in [5, 5.41) is 0.590. The molecule has 0 saturated carbocycles. The fourth-order valence-corrected chi connectivity index (χ4v) is 4.75. The van der Waals surface area contributed by atoms with Crippen molar-refractivity contribution in [3.63, 3.8) is 0 Å². The van der Waals surface area contributed by atoms with Crippen LogP contribution in [0.15, 0.2) is 24.3 Å². The number of carbonyl (C=O) groups is 1. The van der Waals surface area contributed by atoms with Gasteiger partial charge in [-0.1, -0.05) is 23.7 Å². The molecule has 0 aliphatic carbocycles. The van der Waals surface area contributed by atoms with Gasteiger partial charge < -0.3 is 4.90 Å². The molecule has 0 unspecified atom stereocenters. The Morgan fingerprint density at radius 3 is 2.21 bits per heavy atom. The number of halogens is 1. The van der Waals surface area contributed by atoms with Gasteiger partial charge in [-0.3, -0.25) is 4.79 Å². The van der Waals surface area contributed by atoms with Crippen LogP contribution in [-0.2, 0) is 20.6 Å². The minimum Gasteiger partial charge on any atom is -0.343 e. The maximum Gasteiger partial charge on any atom is 0.225 e. The Hall–Kier alpha value is -1.11. The van der Waals surface area contributed by atoms with Crippen molar-refractivity contribution in [3.8, 4) is 0 Å².